The minimum Gasteiger partial charge on any atom is -0.494 e. The number of carbonyl (C=O) groups excluding carboxylic acids is 1. The van der Waals surface area contributed by atoms with Gasteiger partial charge in [-0.25, -0.2) is 0 Å². The molecule has 110 valence electrons. The van der Waals surface area contributed by atoms with E-state index < -0.39 is 0 Å². The van der Waals surface area contributed by atoms with Crippen LogP contribution < -0.4 is 10.1 Å². The first kappa shape index (κ1) is 15.1. The van der Waals surface area contributed by atoms with Gasteiger partial charge in [0.05, 0.1) is 6.61 Å². The highest BCUT2D eigenvalue weighted by molar-refractivity contribution is 5.94. The molecule has 0 unspecified atom stereocenters. The van der Waals surface area contributed by atoms with Gasteiger partial charge in [0.25, 0.3) is 5.91 Å². The van der Waals surface area contributed by atoms with E-state index in [2.05, 4.69) is 24.4 Å². The van der Waals surface area contributed by atoms with Crippen molar-refractivity contribution in [3.05, 3.63) is 65.7 Å². The summed E-state index contributed by atoms with van der Waals surface area (Å²) < 4.78 is 5.54. The van der Waals surface area contributed by atoms with Crippen LogP contribution in [0.2, 0.25) is 0 Å². The minimum absolute atomic E-state index is 0.0621. The van der Waals surface area contributed by atoms with Crippen LogP contribution in [0, 0.1) is 0 Å². The van der Waals surface area contributed by atoms with Crippen LogP contribution in [0.4, 0.5) is 0 Å². The molecule has 1 amide bonds. The lowest BCUT2D eigenvalue weighted by atomic mass is 10.1. The predicted octanol–water partition coefficient (Wildman–Crippen LogP) is 3.45. The molecule has 0 saturated heterocycles. The number of hydrogen-bond acceptors (Lipinski definition) is 2. The fourth-order valence-corrected chi connectivity index (χ4v) is 2.01. The lowest BCUT2D eigenvalue weighted by Crippen LogP contribution is -2.25. The van der Waals surface area contributed by atoms with Gasteiger partial charge in [0, 0.05) is 12.1 Å². The van der Waals surface area contributed by atoms with Crippen molar-refractivity contribution in [2.75, 3.05) is 13.2 Å². The number of benzene rings is 2. The van der Waals surface area contributed by atoms with Gasteiger partial charge in [-0.2, -0.15) is 0 Å². The highest BCUT2D eigenvalue weighted by Gasteiger charge is 2.06. The zero-order valence-corrected chi connectivity index (χ0v) is 12.3. The van der Waals surface area contributed by atoms with Crippen molar-refractivity contribution >= 4 is 5.91 Å². The third-order valence-electron chi connectivity index (χ3n) is 3.11. The van der Waals surface area contributed by atoms with Gasteiger partial charge >= 0.3 is 0 Å². The normalized spacial score (nSPS) is 10.1. The van der Waals surface area contributed by atoms with Crippen LogP contribution in [0.15, 0.2) is 54.6 Å². The minimum atomic E-state index is -0.0621. The molecule has 0 aliphatic heterocycles. The Morgan fingerprint density at radius 1 is 1.10 bits per heavy atom. The summed E-state index contributed by atoms with van der Waals surface area (Å²) >= 11 is 0. The van der Waals surface area contributed by atoms with E-state index in [0.29, 0.717) is 18.7 Å². The molecule has 1 N–H and O–H groups in total. The SMILES string of the molecule is CCCOc1cccc(C(=O)NCCc2ccccc2)c1. The van der Waals surface area contributed by atoms with E-state index in [1.54, 1.807) is 12.1 Å². The number of ether oxygens (including phenoxy) is 1. The number of rotatable bonds is 7. The Balaban J connectivity index is 1.85. The van der Waals surface area contributed by atoms with Crippen molar-refractivity contribution in [3.8, 4) is 5.75 Å². The monoisotopic (exact) mass is 283 g/mol. The average molecular weight is 283 g/mol. The van der Waals surface area contributed by atoms with Gasteiger partial charge in [0.15, 0.2) is 0 Å². The zero-order chi connectivity index (χ0) is 14.9. The molecule has 0 bridgehead atoms. The molecular weight excluding hydrogens is 262 g/mol. The molecule has 0 aliphatic rings. The van der Waals surface area contributed by atoms with Crippen LogP contribution >= 0.6 is 0 Å². The molecule has 2 aromatic rings. The molecule has 2 aromatic carbocycles. The second-order valence-corrected chi connectivity index (χ2v) is 4.87. The number of hydrogen-bond donors (Lipinski definition) is 1. The van der Waals surface area contributed by atoms with E-state index in [1.807, 2.05) is 30.3 Å². The molecule has 0 atom stereocenters. The first-order valence-corrected chi connectivity index (χ1v) is 7.34. The van der Waals surface area contributed by atoms with Crippen molar-refractivity contribution in [1.82, 2.24) is 5.32 Å². The zero-order valence-electron chi connectivity index (χ0n) is 12.3. The van der Waals surface area contributed by atoms with Gasteiger partial charge < -0.3 is 10.1 Å². The Morgan fingerprint density at radius 3 is 2.67 bits per heavy atom. The maximum Gasteiger partial charge on any atom is 0.251 e. The Kier molecular flexibility index (Phi) is 5.83. The molecule has 21 heavy (non-hydrogen) atoms. The van der Waals surface area contributed by atoms with Gasteiger partial charge in [-0.15, -0.1) is 0 Å². The Morgan fingerprint density at radius 2 is 1.90 bits per heavy atom. The van der Waals surface area contributed by atoms with E-state index in [4.69, 9.17) is 4.74 Å². The summed E-state index contributed by atoms with van der Waals surface area (Å²) in [6, 6.07) is 17.4. The van der Waals surface area contributed by atoms with Gasteiger partial charge in [0.2, 0.25) is 0 Å². The maximum absolute atomic E-state index is 12.1. The van der Waals surface area contributed by atoms with Crippen molar-refractivity contribution in [2.45, 2.75) is 19.8 Å². The smallest absolute Gasteiger partial charge is 0.251 e. The van der Waals surface area contributed by atoms with Crippen molar-refractivity contribution in [2.24, 2.45) is 0 Å². The quantitative estimate of drug-likeness (QED) is 0.845. The predicted molar refractivity (Wildman–Crippen MR) is 84.7 cm³/mol. The third-order valence-corrected chi connectivity index (χ3v) is 3.11. The lowest BCUT2D eigenvalue weighted by Gasteiger charge is -2.08. The molecule has 3 heteroatoms. The van der Waals surface area contributed by atoms with Crippen molar-refractivity contribution in [1.29, 1.82) is 0 Å². The van der Waals surface area contributed by atoms with Crippen molar-refractivity contribution < 1.29 is 9.53 Å². The van der Waals surface area contributed by atoms with Gasteiger partial charge in [-0.1, -0.05) is 43.3 Å². The third kappa shape index (κ3) is 4.95. The lowest BCUT2D eigenvalue weighted by molar-refractivity contribution is 0.0953. The standard InChI is InChI=1S/C18H21NO2/c1-2-13-21-17-10-6-9-16(14-17)18(20)19-12-11-15-7-4-3-5-8-15/h3-10,14H,2,11-13H2,1H3,(H,19,20). The van der Waals surface area contributed by atoms with Gasteiger partial charge in [-0.05, 0) is 36.6 Å². The van der Waals surface area contributed by atoms with Gasteiger partial charge in [0.1, 0.15) is 5.75 Å². The fraction of sp³-hybridized carbons (Fsp3) is 0.278. The van der Waals surface area contributed by atoms with Crippen LogP contribution in [-0.2, 0) is 6.42 Å². The molecule has 0 heterocycles. The summed E-state index contributed by atoms with van der Waals surface area (Å²) in [5, 5.41) is 2.94. The van der Waals surface area contributed by atoms with Crippen LogP contribution in [0.25, 0.3) is 0 Å². The van der Waals surface area contributed by atoms with E-state index in [-0.39, 0.29) is 5.91 Å². The maximum atomic E-state index is 12.1. The summed E-state index contributed by atoms with van der Waals surface area (Å²) in [5.41, 5.74) is 1.86. The second kappa shape index (κ2) is 8.10. The molecule has 0 aromatic heterocycles. The molecular formula is C18H21NO2. The number of amides is 1. The fourth-order valence-electron chi connectivity index (χ4n) is 2.01. The summed E-state index contributed by atoms with van der Waals surface area (Å²) in [6.07, 6.45) is 1.78. The van der Waals surface area contributed by atoms with Crippen molar-refractivity contribution in [3.63, 3.8) is 0 Å². The van der Waals surface area contributed by atoms with Crippen LogP contribution in [0.3, 0.4) is 0 Å². The summed E-state index contributed by atoms with van der Waals surface area (Å²) in [7, 11) is 0. The first-order chi connectivity index (χ1) is 10.3. The highest BCUT2D eigenvalue weighted by Crippen LogP contribution is 2.13. The molecule has 0 radical (unpaired) electrons. The number of nitrogens with one attached hydrogen (secondary N) is 1. The Bertz CT molecular complexity index is 566. The first-order valence-electron chi connectivity index (χ1n) is 7.34. The van der Waals surface area contributed by atoms with E-state index in [9.17, 15) is 4.79 Å². The van der Waals surface area contributed by atoms with Crippen LogP contribution in [-0.4, -0.2) is 19.1 Å². The topological polar surface area (TPSA) is 38.3 Å². The second-order valence-electron chi connectivity index (χ2n) is 4.87. The number of carbonyl (C=O) groups is 1. The summed E-state index contributed by atoms with van der Waals surface area (Å²) in [5.74, 6) is 0.681. The van der Waals surface area contributed by atoms with E-state index in [0.717, 1.165) is 18.6 Å². The molecule has 2 rings (SSSR count). The average Bonchev–Trinajstić information content (AvgIpc) is 2.54. The summed E-state index contributed by atoms with van der Waals surface area (Å²) in [6.45, 7) is 3.35. The Labute approximate surface area is 126 Å². The van der Waals surface area contributed by atoms with E-state index >= 15 is 0 Å². The van der Waals surface area contributed by atoms with Gasteiger partial charge in [-0.3, -0.25) is 4.79 Å². The Hall–Kier alpha value is -2.29. The molecule has 0 saturated carbocycles. The molecule has 3 nitrogen and oxygen atoms in total. The largest absolute Gasteiger partial charge is 0.494 e. The molecule has 0 spiro atoms. The molecule has 0 aliphatic carbocycles. The van der Waals surface area contributed by atoms with Crippen LogP contribution in [0.5, 0.6) is 5.75 Å². The summed E-state index contributed by atoms with van der Waals surface area (Å²) in [4.78, 5) is 12.1. The van der Waals surface area contributed by atoms with E-state index in [1.165, 1.54) is 5.56 Å². The van der Waals surface area contributed by atoms with Crippen LogP contribution in [0.1, 0.15) is 29.3 Å². The molecule has 0 fully saturated rings. The highest BCUT2D eigenvalue weighted by atomic mass is 16.5.